The third-order valence-electron chi connectivity index (χ3n) is 7.32. The fourth-order valence-electron chi connectivity index (χ4n) is 6.48. The van der Waals surface area contributed by atoms with Crippen molar-refractivity contribution in [3.8, 4) is 0 Å². The summed E-state index contributed by atoms with van der Waals surface area (Å²) < 4.78 is 0. The van der Waals surface area contributed by atoms with Crippen LogP contribution in [0, 0.1) is 28.6 Å². The topological polar surface area (TPSA) is 20.2 Å². The van der Waals surface area contributed by atoms with Gasteiger partial charge in [0, 0.05) is 11.3 Å². The van der Waals surface area contributed by atoms with Crippen molar-refractivity contribution in [3.05, 3.63) is 23.8 Å². The van der Waals surface area contributed by atoms with Gasteiger partial charge in [0.15, 0.2) is 0 Å². The summed E-state index contributed by atoms with van der Waals surface area (Å²) in [5.41, 5.74) is 2.18. The molecule has 0 aliphatic heterocycles. The van der Waals surface area contributed by atoms with Crippen LogP contribution in [0.4, 0.5) is 0 Å². The fraction of sp³-hybridized carbons (Fsp3) is 0.789. The molecule has 6 atom stereocenters. The lowest BCUT2D eigenvalue weighted by Gasteiger charge is -2.58. The van der Waals surface area contributed by atoms with Gasteiger partial charge in [-0.2, -0.15) is 0 Å². The second-order valence-corrected chi connectivity index (χ2v) is 8.30. The Hall–Kier alpha value is -0.560. The van der Waals surface area contributed by atoms with Gasteiger partial charge in [-0.15, -0.1) is 0 Å². The molecule has 0 aromatic carbocycles. The molecule has 0 amide bonds. The Morgan fingerprint density at radius 2 is 2.10 bits per heavy atom. The van der Waals surface area contributed by atoms with Crippen LogP contribution < -0.4 is 0 Å². The highest BCUT2D eigenvalue weighted by Crippen LogP contribution is 2.64. The van der Waals surface area contributed by atoms with Crippen molar-refractivity contribution in [2.45, 2.75) is 64.9 Å². The Kier molecular flexibility index (Phi) is 2.77. The summed E-state index contributed by atoms with van der Waals surface area (Å²) in [6.07, 6.45) is 15.9. The first-order valence-corrected chi connectivity index (χ1v) is 8.60. The third kappa shape index (κ3) is 1.59. The van der Waals surface area contributed by atoms with Gasteiger partial charge < -0.3 is 5.11 Å². The number of aliphatic hydroxyl groups excluding tert-OH is 1. The first-order valence-electron chi connectivity index (χ1n) is 8.60. The normalized spacial score (nSPS) is 53.9. The molecule has 0 heterocycles. The molecule has 3 unspecified atom stereocenters. The minimum absolute atomic E-state index is 0.101. The molecule has 0 aromatic heterocycles. The Morgan fingerprint density at radius 3 is 2.95 bits per heavy atom. The summed E-state index contributed by atoms with van der Waals surface area (Å²) in [4.78, 5) is 0. The molecule has 1 nitrogen and oxygen atoms in total. The zero-order valence-corrected chi connectivity index (χ0v) is 12.9. The third-order valence-corrected chi connectivity index (χ3v) is 7.32. The molecule has 4 rings (SSSR count). The molecule has 0 radical (unpaired) electrons. The first-order chi connectivity index (χ1) is 9.55. The van der Waals surface area contributed by atoms with E-state index in [4.69, 9.17) is 0 Å². The number of hydrogen-bond donors (Lipinski definition) is 1. The molecule has 110 valence electrons. The van der Waals surface area contributed by atoms with E-state index in [1.165, 1.54) is 32.1 Å². The minimum atomic E-state index is -0.101. The summed E-state index contributed by atoms with van der Waals surface area (Å²) in [7, 11) is 0. The van der Waals surface area contributed by atoms with Crippen molar-refractivity contribution >= 4 is 0 Å². The summed E-state index contributed by atoms with van der Waals surface area (Å²) >= 11 is 0. The molecule has 0 saturated heterocycles. The number of fused-ring (bicyclic) bond motifs is 5. The number of rotatable bonds is 0. The van der Waals surface area contributed by atoms with E-state index in [0.717, 1.165) is 24.7 Å². The van der Waals surface area contributed by atoms with Crippen LogP contribution in [-0.4, -0.2) is 11.2 Å². The van der Waals surface area contributed by atoms with Crippen molar-refractivity contribution in [1.29, 1.82) is 0 Å². The molecule has 4 aliphatic carbocycles. The van der Waals surface area contributed by atoms with E-state index in [-0.39, 0.29) is 11.5 Å². The van der Waals surface area contributed by atoms with Crippen LogP contribution in [0.5, 0.6) is 0 Å². The molecule has 3 saturated carbocycles. The minimum Gasteiger partial charge on any atom is -0.393 e. The molecular weight excluding hydrogens is 244 g/mol. The monoisotopic (exact) mass is 272 g/mol. The van der Waals surface area contributed by atoms with E-state index in [0.29, 0.717) is 11.3 Å². The van der Waals surface area contributed by atoms with Gasteiger partial charge in [0.2, 0.25) is 0 Å². The second-order valence-electron chi connectivity index (χ2n) is 8.30. The van der Waals surface area contributed by atoms with E-state index >= 15 is 0 Å². The predicted octanol–water partition coefficient (Wildman–Crippen LogP) is 4.48. The Bertz CT molecular complexity index is 476. The van der Waals surface area contributed by atoms with Crippen LogP contribution in [0.2, 0.25) is 0 Å². The highest BCUT2D eigenvalue weighted by Gasteiger charge is 2.58. The maximum atomic E-state index is 11.0. The molecule has 0 spiro atoms. The fourth-order valence-corrected chi connectivity index (χ4v) is 6.48. The van der Waals surface area contributed by atoms with E-state index in [1.807, 2.05) is 0 Å². The van der Waals surface area contributed by atoms with E-state index in [1.54, 1.807) is 5.57 Å². The summed E-state index contributed by atoms with van der Waals surface area (Å²) in [5, 5.41) is 11.0. The van der Waals surface area contributed by atoms with Crippen LogP contribution in [0.3, 0.4) is 0 Å². The SMILES string of the molecule is C[C@@]12CCCC1C1CCC3=CCC=C[C@]3(C)C1[C@@H](O)C2. The first kappa shape index (κ1) is 13.1. The van der Waals surface area contributed by atoms with Crippen molar-refractivity contribution in [3.63, 3.8) is 0 Å². The average Bonchev–Trinajstić information content (AvgIpc) is 2.78. The molecule has 0 aromatic rings. The lowest BCUT2D eigenvalue weighted by Crippen LogP contribution is -2.54. The van der Waals surface area contributed by atoms with Gasteiger partial charge in [-0.3, -0.25) is 0 Å². The zero-order valence-electron chi connectivity index (χ0n) is 12.9. The maximum Gasteiger partial charge on any atom is 0.0587 e. The Morgan fingerprint density at radius 1 is 1.25 bits per heavy atom. The standard InChI is InChI=1S/C19H28O/c1-18-10-5-7-15(18)14-9-8-13-6-3-4-11-19(13,2)17(14)16(20)12-18/h4,6,11,14-17,20H,3,5,7-10,12H2,1-2H3/t14?,15?,16-,17?,18-,19-/m0/s1. The van der Waals surface area contributed by atoms with E-state index in [2.05, 4.69) is 32.1 Å². The average molecular weight is 272 g/mol. The lowest BCUT2D eigenvalue weighted by molar-refractivity contribution is -0.103. The molecular formula is C19H28O. The number of allylic oxidation sites excluding steroid dienone is 4. The van der Waals surface area contributed by atoms with Gasteiger partial charge in [0.05, 0.1) is 6.10 Å². The lowest BCUT2D eigenvalue weighted by atomic mass is 9.48. The van der Waals surface area contributed by atoms with Crippen LogP contribution in [-0.2, 0) is 0 Å². The van der Waals surface area contributed by atoms with E-state index in [9.17, 15) is 5.11 Å². The van der Waals surface area contributed by atoms with Crippen LogP contribution in [0.1, 0.15) is 58.8 Å². The van der Waals surface area contributed by atoms with Gasteiger partial charge in [0.25, 0.3) is 0 Å². The second kappa shape index (κ2) is 4.22. The Balaban J connectivity index is 1.75. The highest BCUT2D eigenvalue weighted by molar-refractivity contribution is 5.32. The van der Waals surface area contributed by atoms with Crippen molar-refractivity contribution < 1.29 is 5.11 Å². The highest BCUT2D eigenvalue weighted by atomic mass is 16.3. The Labute approximate surface area is 123 Å². The largest absolute Gasteiger partial charge is 0.393 e. The van der Waals surface area contributed by atoms with Gasteiger partial charge in [-0.1, -0.05) is 44.1 Å². The van der Waals surface area contributed by atoms with Crippen LogP contribution >= 0.6 is 0 Å². The summed E-state index contributed by atoms with van der Waals surface area (Å²) in [6, 6.07) is 0. The summed E-state index contributed by atoms with van der Waals surface area (Å²) in [5.74, 6) is 2.08. The number of hydrogen-bond acceptors (Lipinski definition) is 1. The maximum absolute atomic E-state index is 11.0. The van der Waals surface area contributed by atoms with Crippen LogP contribution in [0.15, 0.2) is 23.8 Å². The molecule has 20 heavy (non-hydrogen) atoms. The van der Waals surface area contributed by atoms with Gasteiger partial charge in [0.1, 0.15) is 0 Å². The molecule has 0 bridgehead atoms. The van der Waals surface area contributed by atoms with Gasteiger partial charge in [-0.25, -0.2) is 0 Å². The summed E-state index contributed by atoms with van der Waals surface area (Å²) in [6.45, 7) is 4.85. The molecule has 1 heteroatoms. The van der Waals surface area contributed by atoms with Gasteiger partial charge in [-0.05, 0) is 55.8 Å². The van der Waals surface area contributed by atoms with Crippen molar-refractivity contribution in [2.75, 3.05) is 0 Å². The van der Waals surface area contributed by atoms with Crippen molar-refractivity contribution in [1.82, 2.24) is 0 Å². The molecule has 4 aliphatic rings. The quantitative estimate of drug-likeness (QED) is 0.645. The smallest absolute Gasteiger partial charge is 0.0587 e. The molecule has 3 fully saturated rings. The molecule has 1 N–H and O–H groups in total. The van der Waals surface area contributed by atoms with E-state index < -0.39 is 0 Å². The predicted molar refractivity (Wildman–Crippen MR) is 82.2 cm³/mol. The zero-order chi connectivity index (χ0) is 14.0. The van der Waals surface area contributed by atoms with Crippen molar-refractivity contribution in [2.24, 2.45) is 28.6 Å². The van der Waals surface area contributed by atoms with Crippen LogP contribution in [0.25, 0.3) is 0 Å². The number of aliphatic hydroxyl groups is 1. The van der Waals surface area contributed by atoms with Gasteiger partial charge >= 0.3 is 0 Å².